The predicted molar refractivity (Wildman–Crippen MR) is 66.2 cm³/mol. The van der Waals surface area contributed by atoms with E-state index in [0.717, 1.165) is 11.3 Å². The maximum atomic E-state index is 5.80. The van der Waals surface area contributed by atoms with Gasteiger partial charge in [0.15, 0.2) is 0 Å². The fourth-order valence-corrected chi connectivity index (χ4v) is 1.71. The molecule has 3 nitrogen and oxygen atoms in total. The van der Waals surface area contributed by atoms with Gasteiger partial charge in [-0.2, -0.15) is 0 Å². The lowest BCUT2D eigenvalue weighted by atomic mass is 10.1. The van der Waals surface area contributed by atoms with Gasteiger partial charge in [-0.15, -0.1) is 0 Å². The highest BCUT2D eigenvalue weighted by atomic mass is 16.5. The molecule has 1 heterocycles. The van der Waals surface area contributed by atoms with E-state index in [2.05, 4.69) is 12.1 Å². The van der Waals surface area contributed by atoms with Crippen LogP contribution >= 0.6 is 0 Å². The van der Waals surface area contributed by atoms with Crippen molar-refractivity contribution < 1.29 is 9.15 Å². The van der Waals surface area contributed by atoms with Gasteiger partial charge in [-0.05, 0) is 18.6 Å². The largest absolute Gasteiger partial charge is 0.468 e. The summed E-state index contributed by atoms with van der Waals surface area (Å²) in [5.74, 6) is 0.797. The van der Waals surface area contributed by atoms with Gasteiger partial charge in [0.1, 0.15) is 5.76 Å². The Hall–Kier alpha value is -1.58. The lowest BCUT2D eigenvalue weighted by molar-refractivity contribution is 0.0517. The molecule has 0 saturated heterocycles. The van der Waals surface area contributed by atoms with Gasteiger partial charge in [0.2, 0.25) is 0 Å². The van der Waals surface area contributed by atoms with E-state index in [9.17, 15) is 0 Å². The molecule has 0 fully saturated rings. The van der Waals surface area contributed by atoms with Crippen molar-refractivity contribution in [2.45, 2.75) is 26.2 Å². The number of nitrogens with two attached hydrogens (primary N) is 1. The number of furan rings is 1. The van der Waals surface area contributed by atoms with Crippen molar-refractivity contribution in [3.63, 3.8) is 0 Å². The Morgan fingerprint density at radius 2 is 2.00 bits per heavy atom. The first-order valence-electron chi connectivity index (χ1n) is 5.73. The summed E-state index contributed by atoms with van der Waals surface area (Å²) in [5.41, 5.74) is 7.76. The normalized spacial score (nSPS) is 12.6. The first-order chi connectivity index (χ1) is 8.31. The first-order valence-corrected chi connectivity index (χ1v) is 5.73. The molecule has 0 spiro atoms. The van der Waals surface area contributed by atoms with Crippen LogP contribution in [0.5, 0.6) is 0 Å². The van der Waals surface area contributed by atoms with Crippen LogP contribution in [-0.2, 0) is 17.9 Å². The van der Waals surface area contributed by atoms with E-state index in [1.165, 1.54) is 5.56 Å². The highest BCUT2D eigenvalue weighted by Gasteiger charge is 2.08. The number of hydrogen-bond acceptors (Lipinski definition) is 3. The van der Waals surface area contributed by atoms with E-state index in [-0.39, 0.29) is 6.10 Å². The number of hydrogen-bond donors (Lipinski definition) is 1. The molecule has 0 bridgehead atoms. The summed E-state index contributed by atoms with van der Waals surface area (Å²) >= 11 is 0. The maximum absolute atomic E-state index is 5.80. The van der Waals surface area contributed by atoms with Gasteiger partial charge in [0, 0.05) is 5.56 Å². The molecule has 2 rings (SSSR count). The summed E-state index contributed by atoms with van der Waals surface area (Å²) in [6.45, 7) is 2.97. The van der Waals surface area contributed by atoms with Crippen molar-refractivity contribution in [1.82, 2.24) is 0 Å². The second kappa shape index (κ2) is 5.66. The van der Waals surface area contributed by atoms with Crippen LogP contribution in [0.2, 0.25) is 0 Å². The van der Waals surface area contributed by atoms with E-state index in [1.54, 1.807) is 6.26 Å². The Kier molecular flexibility index (Phi) is 3.96. The van der Waals surface area contributed by atoms with Crippen LogP contribution < -0.4 is 5.73 Å². The molecule has 1 aromatic carbocycles. The zero-order chi connectivity index (χ0) is 12.1. The third kappa shape index (κ3) is 2.96. The summed E-state index contributed by atoms with van der Waals surface area (Å²) in [6.07, 6.45) is 1.71. The Labute approximate surface area is 101 Å². The van der Waals surface area contributed by atoms with E-state index in [0.29, 0.717) is 13.2 Å². The number of rotatable bonds is 5. The van der Waals surface area contributed by atoms with E-state index in [1.807, 2.05) is 31.2 Å². The molecule has 90 valence electrons. The van der Waals surface area contributed by atoms with Crippen LogP contribution in [0, 0.1) is 0 Å². The molecule has 0 aliphatic rings. The lowest BCUT2D eigenvalue weighted by Crippen LogP contribution is -2.03. The summed E-state index contributed by atoms with van der Waals surface area (Å²) < 4.78 is 11.0. The van der Waals surface area contributed by atoms with Crippen LogP contribution in [0.3, 0.4) is 0 Å². The summed E-state index contributed by atoms with van der Waals surface area (Å²) in [7, 11) is 0. The molecule has 2 aromatic rings. The van der Waals surface area contributed by atoms with Gasteiger partial charge >= 0.3 is 0 Å². The fourth-order valence-electron chi connectivity index (χ4n) is 1.71. The molecule has 0 aliphatic heterocycles. The Morgan fingerprint density at radius 3 is 2.71 bits per heavy atom. The standard InChI is InChI=1S/C14H17NO2/c1-11(12-5-3-2-4-6-12)17-10-13-7-8-16-14(13)9-15/h2-8,11H,9-10,15H2,1H3. The molecule has 2 N–H and O–H groups in total. The number of ether oxygens (including phenoxy) is 1. The molecular weight excluding hydrogens is 214 g/mol. The third-order valence-electron chi connectivity index (χ3n) is 2.78. The second-order valence-corrected chi connectivity index (χ2v) is 3.94. The van der Waals surface area contributed by atoms with E-state index >= 15 is 0 Å². The summed E-state index contributed by atoms with van der Waals surface area (Å²) in [6, 6.07) is 12.0. The molecule has 3 heteroatoms. The molecule has 1 unspecified atom stereocenters. The monoisotopic (exact) mass is 231 g/mol. The number of benzene rings is 1. The van der Waals surface area contributed by atoms with Crippen LogP contribution in [0.15, 0.2) is 47.1 Å². The Bertz CT molecular complexity index is 450. The van der Waals surface area contributed by atoms with E-state index in [4.69, 9.17) is 14.9 Å². The average molecular weight is 231 g/mol. The third-order valence-corrected chi connectivity index (χ3v) is 2.78. The van der Waals surface area contributed by atoms with Crippen molar-refractivity contribution in [2.24, 2.45) is 5.73 Å². The zero-order valence-electron chi connectivity index (χ0n) is 9.93. The van der Waals surface area contributed by atoms with Gasteiger partial charge < -0.3 is 14.9 Å². The molecule has 0 saturated carbocycles. The van der Waals surface area contributed by atoms with Gasteiger partial charge in [-0.3, -0.25) is 0 Å². The molecule has 1 aromatic heterocycles. The van der Waals surface area contributed by atoms with Gasteiger partial charge in [-0.25, -0.2) is 0 Å². The topological polar surface area (TPSA) is 48.4 Å². The van der Waals surface area contributed by atoms with Crippen LogP contribution in [0.4, 0.5) is 0 Å². The molecule has 0 aliphatic carbocycles. The van der Waals surface area contributed by atoms with Crippen LogP contribution in [0.25, 0.3) is 0 Å². The predicted octanol–water partition coefficient (Wildman–Crippen LogP) is 3.02. The average Bonchev–Trinajstić information content (AvgIpc) is 2.84. The molecular formula is C14H17NO2. The smallest absolute Gasteiger partial charge is 0.122 e. The van der Waals surface area contributed by atoms with Crippen LogP contribution in [0.1, 0.15) is 29.9 Å². The maximum Gasteiger partial charge on any atom is 0.122 e. The van der Waals surface area contributed by atoms with Gasteiger partial charge in [0.25, 0.3) is 0 Å². The zero-order valence-corrected chi connectivity index (χ0v) is 9.93. The second-order valence-electron chi connectivity index (χ2n) is 3.94. The summed E-state index contributed by atoms with van der Waals surface area (Å²) in [4.78, 5) is 0. The fraction of sp³-hybridized carbons (Fsp3) is 0.286. The highest BCUT2D eigenvalue weighted by Crippen LogP contribution is 2.19. The minimum Gasteiger partial charge on any atom is -0.468 e. The molecule has 17 heavy (non-hydrogen) atoms. The highest BCUT2D eigenvalue weighted by molar-refractivity contribution is 5.18. The first kappa shape index (κ1) is 11.9. The van der Waals surface area contributed by atoms with Crippen LogP contribution in [-0.4, -0.2) is 0 Å². The molecule has 1 atom stereocenters. The molecule has 0 radical (unpaired) electrons. The van der Waals surface area contributed by atoms with Crippen molar-refractivity contribution in [3.8, 4) is 0 Å². The lowest BCUT2D eigenvalue weighted by Gasteiger charge is -2.13. The minimum atomic E-state index is 0.0664. The van der Waals surface area contributed by atoms with Crippen molar-refractivity contribution in [1.29, 1.82) is 0 Å². The quantitative estimate of drug-likeness (QED) is 0.860. The van der Waals surface area contributed by atoms with Crippen molar-refractivity contribution in [3.05, 3.63) is 59.5 Å². The Morgan fingerprint density at radius 1 is 1.24 bits per heavy atom. The molecule has 0 amide bonds. The van der Waals surface area contributed by atoms with Gasteiger partial charge in [-0.1, -0.05) is 30.3 Å². The minimum absolute atomic E-state index is 0.0664. The Balaban J connectivity index is 1.95. The SMILES string of the molecule is CC(OCc1ccoc1CN)c1ccccc1. The summed E-state index contributed by atoms with van der Waals surface area (Å²) in [5, 5.41) is 0. The van der Waals surface area contributed by atoms with Gasteiger partial charge in [0.05, 0.1) is 25.5 Å². The van der Waals surface area contributed by atoms with E-state index < -0.39 is 0 Å². The van der Waals surface area contributed by atoms with Crippen molar-refractivity contribution >= 4 is 0 Å². The van der Waals surface area contributed by atoms with Crippen molar-refractivity contribution in [2.75, 3.05) is 0 Å².